The van der Waals surface area contributed by atoms with Crippen molar-refractivity contribution in [2.45, 2.75) is 30.6 Å². The van der Waals surface area contributed by atoms with Crippen molar-refractivity contribution >= 4 is 11.8 Å². The highest BCUT2D eigenvalue weighted by atomic mass is 32.2. The predicted molar refractivity (Wildman–Crippen MR) is 78.9 cm³/mol. The third kappa shape index (κ3) is 2.92. The lowest BCUT2D eigenvalue weighted by Gasteiger charge is -2.49. The Bertz CT molecular complexity index is 354. The Morgan fingerprint density at radius 1 is 1.00 bits per heavy atom. The van der Waals surface area contributed by atoms with E-state index in [1.807, 2.05) is 11.8 Å². The van der Waals surface area contributed by atoms with Crippen molar-refractivity contribution in [3.63, 3.8) is 0 Å². The molecule has 2 heteroatoms. The molecule has 0 radical (unpaired) electrons. The Balaban J connectivity index is 1.42. The number of nitrogens with zero attached hydrogens (tertiary/aromatic N) is 1. The van der Waals surface area contributed by atoms with Crippen molar-refractivity contribution in [3.8, 4) is 0 Å². The first-order valence-electron chi connectivity index (χ1n) is 7.39. The molecule has 1 nitrogen and oxygen atoms in total. The van der Waals surface area contributed by atoms with Gasteiger partial charge in [0.1, 0.15) is 0 Å². The summed E-state index contributed by atoms with van der Waals surface area (Å²) in [7, 11) is 0. The van der Waals surface area contributed by atoms with Gasteiger partial charge in [0.15, 0.2) is 0 Å². The van der Waals surface area contributed by atoms with Gasteiger partial charge in [0.25, 0.3) is 0 Å². The summed E-state index contributed by atoms with van der Waals surface area (Å²) in [6.07, 6.45) is 5.90. The number of thioether (sulfide) groups is 1. The summed E-state index contributed by atoms with van der Waals surface area (Å²) in [5.41, 5.74) is 0. The summed E-state index contributed by atoms with van der Waals surface area (Å²) in [5.74, 6) is 2.37. The summed E-state index contributed by atoms with van der Waals surface area (Å²) in [6, 6.07) is 10.8. The normalized spacial score (nSPS) is 30.6. The van der Waals surface area contributed by atoms with Crippen LogP contribution in [0.4, 0.5) is 0 Å². The van der Waals surface area contributed by atoms with E-state index in [4.69, 9.17) is 0 Å². The first-order valence-corrected chi connectivity index (χ1v) is 8.38. The number of rotatable bonds is 5. The van der Waals surface area contributed by atoms with Gasteiger partial charge in [-0.1, -0.05) is 18.2 Å². The molecule has 3 heterocycles. The van der Waals surface area contributed by atoms with Crippen molar-refractivity contribution < 1.29 is 4.48 Å². The maximum atomic E-state index is 2.23. The lowest BCUT2D eigenvalue weighted by molar-refractivity contribution is -0.942. The Morgan fingerprint density at radius 2 is 1.67 bits per heavy atom. The Hall–Kier alpha value is -0.470. The van der Waals surface area contributed by atoms with Gasteiger partial charge in [-0.15, -0.1) is 11.8 Å². The molecule has 0 amide bonds. The lowest BCUT2D eigenvalue weighted by atomic mass is 9.85. The Kier molecular flexibility index (Phi) is 3.95. The average molecular weight is 262 g/mol. The van der Waals surface area contributed by atoms with Gasteiger partial charge >= 0.3 is 0 Å². The van der Waals surface area contributed by atoms with E-state index in [0.29, 0.717) is 0 Å². The summed E-state index contributed by atoms with van der Waals surface area (Å²) < 4.78 is 1.45. The van der Waals surface area contributed by atoms with Gasteiger partial charge in [0.2, 0.25) is 0 Å². The molecule has 0 saturated carbocycles. The summed E-state index contributed by atoms with van der Waals surface area (Å²) in [4.78, 5) is 1.43. The van der Waals surface area contributed by atoms with Crippen molar-refractivity contribution in [2.75, 3.05) is 31.9 Å². The number of benzene rings is 1. The second-order valence-corrected chi connectivity index (χ2v) is 7.15. The molecule has 3 aliphatic rings. The highest BCUT2D eigenvalue weighted by molar-refractivity contribution is 7.99. The van der Waals surface area contributed by atoms with Crippen LogP contribution >= 0.6 is 11.8 Å². The molecule has 18 heavy (non-hydrogen) atoms. The van der Waals surface area contributed by atoms with E-state index in [-0.39, 0.29) is 0 Å². The fourth-order valence-electron chi connectivity index (χ4n) is 3.58. The largest absolute Gasteiger partial charge is 0.324 e. The average Bonchev–Trinajstić information content (AvgIpc) is 2.47. The van der Waals surface area contributed by atoms with E-state index in [1.54, 1.807) is 0 Å². The number of hydrogen-bond donors (Lipinski definition) is 0. The van der Waals surface area contributed by atoms with Crippen LogP contribution in [0.25, 0.3) is 0 Å². The number of quaternary nitrogens is 1. The van der Waals surface area contributed by atoms with Crippen LogP contribution in [0.2, 0.25) is 0 Å². The number of fused-ring (bicyclic) bond motifs is 3. The topological polar surface area (TPSA) is 0 Å². The molecular formula is C16H24NS+. The smallest absolute Gasteiger partial charge is 0.0794 e. The molecule has 4 rings (SSSR count). The Labute approximate surface area is 115 Å². The monoisotopic (exact) mass is 262 g/mol. The van der Waals surface area contributed by atoms with Crippen LogP contribution in [0.3, 0.4) is 0 Å². The molecule has 0 aromatic heterocycles. The van der Waals surface area contributed by atoms with E-state index in [2.05, 4.69) is 30.3 Å². The zero-order valence-electron chi connectivity index (χ0n) is 11.2. The van der Waals surface area contributed by atoms with Crippen molar-refractivity contribution in [3.05, 3.63) is 30.3 Å². The van der Waals surface area contributed by atoms with E-state index in [0.717, 1.165) is 5.92 Å². The third-order valence-corrected chi connectivity index (χ3v) is 5.92. The van der Waals surface area contributed by atoms with Crippen molar-refractivity contribution in [1.29, 1.82) is 0 Å². The van der Waals surface area contributed by atoms with Crippen LogP contribution in [-0.4, -0.2) is 36.4 Å². The minimum Gasteiger partial charge on any atom is -0.324 e. The van der Waals surface area contributed by atoms with Gasteiger partial charge in [0.05, 0.1) is 26.2 Å². The lowest BCUT2D eigenvalue weighted by Crippen LogP contribution is -2.58. The molecule has 0 N–H and O–H groups in total. The first-order chi connectivity index (χ1) is 8.86. The SMILES string of the molecule is c1ccc(SCCC[N+]23CCC(CC2)CC3)cc1. The number of hydrogen-bond acceptors (Lipinski definition) is 1. The van der Waals surface area contributed by atoms with Crippen LogP contribution in [0.15, 0.2) is 35.2 Å². The van der Waals surface area contributed by atoms with E-state index < -0.39 is 0 Å². The highest BCUT2D eigenvalue weighted by Crippen LogP contribution is 2.33. The van der Waals surface area contributed by atoms with Gasteiger partial charge in [-0.3, -0.25) is 0 Å². The minimum absolute atomic E-state index is 1.09. The Morgan fingerprint density at radius 3 is 2.33 bits per heavy atom. The van der Waals surface area contributed by atoms with E-state index in [1.165, 1.54) is 67.0 Å². The van der Waals surface area contributed by atoms with Gasteiger partial charge in [0, 0.05) is 17.1 Å². The zero-order chi connectivity index (χ0) is 12.3. The molecule has 0 spiro atoms. The summed E-state index contributed by atoms with van der Waals surface area (Å²) in [5, 5.41) is 0. The molecule has 2 bridgehead atoms. The molecule has 0 unspecified atom stereocenters. The van der Waals surface area contributed by atoms with Gasteiger partial charge in [-0.25, -0.2) is 0 Å². The fraction of sp³-hybridized carbons (Fsp3) is 0.625. The molecule has 98 valence electrons. The first kappa shape index (κ1) is 12.6. The molecule has 0 aliphatic carbocycles. The van der Waals surface area contributed by atoms with Crippen LogP contribution in [-0.2, 0) is 0 Å². The quantitative estimate of drug-likeness (QED) is 0.442. The van der Waals surface area contributed by atoms with Crippen molar-refractivity contribution in [1.82, 2.24) is 0 Å². The second kappa shape index (κ2) is 5.66. The molecule has 0 atom stereocenters. The molecule has 3 saturated heterocycles. The minimum atomic E-state index is 1.09. The van der Waals surface area contributed by atoms with E-state index >= 15 is 0 Å². The summed E-state index contributed by atoms with van der Waals surface area (Å²) in [6.45, 7) is 5.84. The van der Waals surface area contributed by atoms with Gasteiger partial charge in [-0.2, -0.15) is 0 Å². The maximum absolute atomic E-state index is 2.23. The van der Waals surface area contributed by atoms with Crippen LogP contribution < -0.4 is 0 Å². The molecular weight excluding hydrogens is 238 g/mol. The molecule has 3 fully saturated rings. The van der Waals surface area contributed by atoms with Crippen LogP contribution in [0.5, 0.6) is 0 Å². The van der Waals surface area contributed by atoms with E-state index in [9.17, 15) is 0 Å². The summed E-state index contributed by atoms with van der Waals surface area (Å²) >= 11 is 2.02. The van der Waals surface area contributed by atoms with Gasteiger partial charge in [-0.05, 0) is 37.3 Å². The maximum Gasteiger partial charge on any atom is 0.0794 e. The predicted octanol–water partition coefficient (Wildman–Crippen LogP) is 3.80. The highest BCUT2D eigenvalue weighted by Gasteiger charge is 2.38. The third-order valence-electron chi connectivity index (χ3n) is 4.82. The molecule has 1 aromatic rings. The van der Waals surface area contributed by atoms with Crippen molar-refractivity contribution in [2.24, 2.45) is 5.92 Å². The fourth-order valence-corrected chi connectivity index (χ4v) is 4.44. The number of piperidine rings is 3. The van der Waals surface area contributed by atoms with Crippen LogP contribution in [0.1, 0.15) is 25.7 Å². The van der Waals surface area contributed by atoms with Crippen LogP contribution in [0, 0.1) is 5.92 Å². The standard InChI is InChI=1S/C16H24NS/c1-2-5-16(6-3-1)18-14-4-10-17-11-7-15(8-12-17)9-13-17/h1-3,5-6,15H,4,7-14H2/q+1. The van der Waals surface area contributed by atoms with Gasteiger partial charge < -0.3 is 4.48 Å². The zero-order valence-corrected chi connectivity index (χ0v) is 12.0. The molecule has 3 aliphatic heterocycles. The second-order valence-electron chi connectivity index (χ2n) is 5.98. The molecule has 1 aromatic carbocycles.